The molecule has 1 N–H and O–H groups in total. The van der Waals surface area contributed by atoms with Crippen LogP contribution in [0.4, 0.5) is 11.4 Å². The van der Waals surface area contributed by atoms with E-state index < -0.39 is 0 Å². The molecule has 0 atom stereocenters. The van der Waals surface area contributed by atoms with Gasteiger partial charge in [0.2, 0.25) is 0 Å². The summed E-state index contributed by atoms with van der Waals surface area (Å²) in [5, 5.41) is 3.37. The van der Waals surface area contributed by atoms with Crippen LogP contribution in [0.1, 0.15) is 11.1 Å². The number of anilines is 1. The van der Waals surface area contributed by atoms with Gasteiger partial charge in [-0.1, -0.05) is 39.7 Å². The minimum Gasteiger partial charge on any atom is -0.320 e. The van der Waals surface area contributed by atoms with Crippen molar-refractivity contribution in [3.63, 3.8) is 0 Å². The minimum atomic E-state index is -0.207. The summed E-state index contributed by atoms with van der Waals surface area (Å²) in [6.45, 7) is 1.95. The van der Waals surface area contributed by atoms with Gasteiger partial charge in [-0.25, -0.2) is 4.99 Å². The highest BCUT2D eigenvalue weighted by molar-refractivity contribution is 9.10. The number of aliphatic imine (C=N–C) groups is 1. The van der Waals surface area contributed by atoms with Gasteiger partial charge in [0.25, 0.3) is 5.91 Å². The highest BCUT2D eigenvalue weighted by Crippen LogP contribution is 2.33. The number of hydrogen-bond donors (Lipinski definition) is 1. The molecule has 0 saturated carbocycles. The number of benzene rings is 2. The van der Waals surface area contributed by atoms with Crippen molar-refractivity contribution < 1.29 is 4.79 Å². The molecule has 0 radical (unpaired) electrons. The smallest absolute Gasteiger partial charge is 0.275 e. The van der Waals surface area contributed by atoms with Crippen LogP contribution in [0.5, 0.6) is 0 Å². The Morgan fingerprint density at radius 1 is 1.25 bits per heavy atom. The first-order valence-corrected chi connectivity index (χ1v) is 7.18. The third-order valence-electron chi connectivity index (χ3n) is 3.09. The predicted molar refractivity (Wildman–Crippen MR) is 85.2 cm³/mol. The molecular formula is C15H10BrClN2O. The van der Waals surface area contributed by atoms with Gasteiger partial charge in [0, 0.05) is 10.0 Å². The molecule has 100 valence electrons. The molecular weight excluding hydrogens is 340 g/mol. The molecule has 1 heterocycles. The Labute approximate surface area is 129 Å². The van der Waals surface area contributed by atoms with Crippen LogP contribution in [0.2, 0.25) is 5.02 Å². The van der Waals surface area contributed by atoms with Crippen molar-refractivity contribution in [1.29, 1.82) is 0 Å². The van der Waals surface area contributed by atoms with E-state index >= 15 is 0 Å². The van der Waals surface area contributed by atoms with Crippen LogP contribution in [0, 0.1) is 6.92 Å². The number of para-hydroxylation sites is 1. The summed E-state index contributed by atoms with van der Waals surface area (Å²) in [6, 6.07) is 11.0. The van der Waals surface area contributed by atoms with Crippen LogP contribution in [0.25, 0.3) is 0 Å². The summed E-state index contributed by atoms with van der Waals surface area (Å²) < 4.78 is 0.914. The molecule has 0 bridgehead atoms. The molecule has 5 heteroatoms. The largest absolute Gasteiger partial charge is 0.320 e. The quantitative estimate of drug-likeness (QED) is 0.810. The van der Waals surface area contributed by atoms with E-state index in [0.717, 1.165) is 21.3 Å². The van der Waals surface area contributed by atoms with E-state index in [1.807, 2.05) is 31.2 Å². The van der Waals surface area contributed by atoms with Crippen molar-refractivity contribution in [3.05, 3.63) is 57.0 Å². The number of rotatable bonds is 1. The van der Waals surface area contributed by atoms with Gasteiger partial charge >= 0.3 is 0 Å². The summed E-state index contributed by atoms with van der Waals surface area (Å²) >= 11 is 9.53. The third kappa shape index (κ3) is 2.25. The fourth-order valence-electron chi connectivity index (χ4n) is 2.16. The first-order chi connectivity index (χ1) is 9.56. The highest BCUT2D eigenvalue weighted by Gasteiger charge is 2.27. The fraction of sp³-hybridized carbons (Fsp3) is 0.0667. The molecule has 0 aliphatic carbocycles. The normalized spacial score (nSPS) is 15.3. The van der Waals surface area contributed by atoms with Gasteiger partial charge in [0.1, 0.15) is 5.71 Å². The molecule has 0 saturated heterocycles. The lowest BCUT2D eigenvalue weighted by atomic mass is 10.1. The second-order valence-corrected chi connectivity index (χ2v) is 5.83. The van der Waals surface area contributed by atoms with E-state index in [-0.39, 0.29) is 5.91 Å². The Morgan fingerprint density at radius 3 is 2.75 bits per heavy atom. The Bertz CT molecular complexity index is 756. The van der Waals surface area contributed by atoms with Gasteiger partial charge in [0.15, 0.2) is 0 Å². The summed E-state index contributed by atoms with van der Waals surface area (Å²) in [6.07, 6.45) is 0. The molecule has 2 aromatic carbocycles. The lowest BCUT2D eigenvalue weighted by Gasteiger charge is -2.03. The van der Waals surface area contributed by atoms with Crippen molar-refractivity contribution in [2.45, 2.75) is 6.92 Å². The second-order valence-electron chi connectivity index (χ2n) is 4.51. The first-order valence-electron chi connectivity index (χ1n) is 6.01. The van der Waals surface area contributed by atoms with Crippen molar-refractivity contribution in [2.24, 2.45) is 4.99 Å². The highest BCUT2D eigenvalue weighted by atomic mass is 79.9. The molecule has 0 fully saturated rings. The van der Waals surface area contributed by atoms with Crippen LogP contribution in [-0.4, -0.2) is 11.6 Å². The molecule has 1 amide bonds. The number of nitrogens with one attached hydrogen (secondary N) is 1. The number of carbonyl (C=O) groups excluding carboxylic acids is 1. The van der Waals surface area contributed by atoms with Crippen LogP contribution in [0.3, 0.4) is 0 Å². The fourth-order valence-corrected chi connectivity index (χ4v) is 2.92. The van der Waals surface area contributed by atoms with Crippen molar-refractivity contribution in [2.75, 3.05) is 5.32 Å². The zero-order valence-corrected chi connectivity index (χ0v) is 12.9. The van der Waals surface area contributed by atoms with Crippen LogP contribution in [-0.2, 0) is 4.79 Å². The minimum absolute atomic E-state index is 0.207. The average Bonchev–Trinajstić information content (AvgIpc) is 2.70. The van der Waals surface area contributed by atoms with Gasteiger partial charge in [-0.2, -0.15) is 0 Å². The molecule has 0 spiro atoms. The van der Waals surface area contributed by atoms with Gasteiger partial charge in [0.05, 0.1) is 16.4 Å². The predicted octanol–water partition coefficient (Wildman–Crippen LogP) is 4.48. The summed E-state index contributed by atoms with van der Waals surface area (Å²) in [5.74, 6) is -0.207. The van der Waals surface area contributed by atoms with Crippen molar-refractivity contribution >= 4 is 50.5 Å². The van der Waals surface area contributed by atoms with Crippen LogP contribution in [0.15, 0.2) is 45.9 Å². The lowest BCUT2D eigenvalue weighted by molar-refractivity contribution is -0.110. The number of halogens is 2. The maximum absolute atomic E-state index is 12.1. The molecule has 2 aromatic rings. The van der Waals surface area contributed by atoms with E-state index in [0.29, 0.717) is 16.4 Å². The molecule has 0 aromatic heterocycles. The standard InChI is InChI=1S/C15H10BrClN2O/c1-8-6-9(16)7-10-13(8)19-15(20)14(10)18-12-5-3-2-4-11(12)17/h2-7H,1H3,(H,18,19,20). The van der Waals surface area contributed by atoms with E-state index in [4.69, 9.17) is 11.6 Å². The second kappa shape index (κ2) is 5.04. The number of carbonyl (C=O) groups is 1. The molecule has 3 rings (SSSR count). The maximum Gasteiger partial charge on any atom is 0.275 e. The number of nitrogens with zero attached hydrogens (tertiary/aromatic N) is 1. The Hall–Kier alpha value is -1.65. The van der Waals surface area contributed by atoms with Gasteiger partial charge in [-0.05, 0) is 36.8 Å². The number of hydrogen-bond acceptors (Lipinski definition) is 2. The maximum atomic E-state index is 12.1. The molecule has 1 aliphatic rings. The number of aryl methyl sites for hydroxylation is 1. The first kappa shape index (κ1) is 13.3. The monoisotopic (exact) mass is 348 g/mol. The van der Waals surface area contributed by atoms with Gasteiger partial charge in [-0.15, -0.1) is 0 Å². The van der Waals surface area contributed by atoms with Gasteiger partial charge < -0.3 is 5.32 Å². The molecule has 20 heavy (non-hydrogen) atoms. The number of fused-ring (bicyclic) bond motifs is 1. The van der Waals surface area contributed by atoms with E-state index in [1.165, 1.54) is 0 Å². The SMILES string of the molecule is Cc1cc(Br)cc2c1NC(=O)C2=Nc1ccccc1Cl. The number of amides is 1. The Balaban J connectivity index is 2.18. The molecule has 1 aliphatic heterocycles. The zero-order valence-electron chi connectivity index (χ0n) is 10.6. The Kier molecular flexibility index (Phi) is 3.36. The topological polar surface area (TPSA) is 41.5 Å². The average molecular weight is 350 g/mol. The van der Waals surface area contributed by atoms with Crippen LogP contribution < -0.4 is 5.32 Å². The van der Waals surface area contributed by atoms with Gasteiger partial charge in [-0.3, -0.25) is 4.79 Å². The Morgan fingerprint density at radius 2 is 2.00 bits per heavy atom. The summed E-state index contributed by atoms with van der Waals surface area (Å²) in [4.78, 5) is 16.5. The molecule has 3 nitrogen and oxygen atoms in total. The van der Waals surface area contributed by atoms with E-state index in [2.05, 4.69) is 26.2 Å². The zero-order chi connectivity index (χ0) is 14.3. The summed E-state index contributed by atoms with van der Waals surface area (Å²) in [7, 11) is 0. The van der Waals surface area contributed by atoms with E-state index in [1.54, 1.807) is 12.1 Å². The molecule has 0 unspecified atom stereocenters. The van der Waals surface area contributed by atoms with Crippen molar-refractivity contribution in [3.8, 4) is 0 Å². The summed E-state index contributed by atoms with van der Waals surface area (Å²) in [5.41, 5.74) is 3.57. The van der Waals surface area contributed by atoms with Crippen LogP contribution >= 0.6 is 27.5 Å². The third-order valence-corrected chi connectivity index (χ3v) is 3.87. The van der Waals surface area contributed by atoms with Crippen molar-refractivity contribution in [1.82, 2.24) is 0 Å². The lowest BCUT2D eigenvalue weighted by Crippen LogP contribution is -2.14. The van der Waals surface area contributed by atoms with E-state index in [9.17, 15) is 4.79 Å².